The number of amides is 1. The molecule has 0 radical (unpaired) electrons. The molecule has 3 N–H and O–H groups in total. The highest BCUT2D eigenvalue weighted by Crippen LogP contribution is 2.29. The third-order valence-corrected chi connectivity index (χ3v) is 3.63. The quantitative estimate of drug-likeness (QED) is 0.703. The standard InChI is InChI=1S/C12H24N2O/c1-3-10(8-13)7-12(15)14-9(2)11-5-4-6-11/h9-11H,3-8,13H2,1-2H3,(H,14,15). The van der Waals surface area contributed by atoms with E-state index in [9.17, 15) is 4.79 Å². The van der Waals surface area contributed by atoms with Crippen molar-refractivity contribution in [1.29, 1.82) is 0 Å². The summed E-state index contributed by atoms with van der Waals surface area (Å²) in [5.74, 6) is 1.23. The van der Waals surface area contributed by atoms with E-state index in [1.165, 1.54) is 19.3 Å². The van der Waals surface area contributed by atoms with Crippen molar-refractivity contribution in [1.82, 2.24) is 5.32 Å². The first-order valence-corrected chi connectivity index (χ1v) is 6.16. The summed E-state index contributed by atoms with van der Waals surface area (Å²) in [6.07, 6.45) is 5.45. The van der Waals surface area contributed by atoms with Crippen molar-refractivity contribution in [2.45, 2.75) is 52.0 Å². The first kappa shape index (κ1) is 12.5. The molecule has 0 aromatic rings. The summed E-state index contributed by atoms with van der Waals surface area (Å²) in [6.45, 7) is 4.81. The molecular formula is C12H24N2O. The molecule has 2 atom stereocenters. The molecule has 0 bridgehead atoms. The number of hydrogen-bond donors (Lipinski definition) is 2. The molecule has 0 aromatic heterocycles. The Morgan fingerprint density at radius 1 is 1.53 bits per heavy atom. The lowest BCUT2D eigenvalue weighted by molar-refractivity contribution is -0.123. The molecule has 1 saturated carbocycles. The van der Waals surface area contributed by atoms with E-state index in [0.29, 0.717) is 30.8 Å². The SMILES string of the molecule is CCC(CN)CC(=O)NC(C)C1CCC1. The van der Waals surface area contributed by atoms with Gasteiger partial charge in [-0.05, 0) is 38.1 Å². The second-order valence-corrected chi connectivity index (χ2v) is 4.76. The Morgan fingerprint density at radius 2 is 2.20 bits per heavy atom. The zero-order valence-corrected chi connectivity index (χ0v) is 9.96. The Labute approximate surface area is 92.8 Å². The van der Waals surface area contributed by atoms with Crippen molar-refractivity contribution < 1.29 is 4.79 Å². The minimum Gasteiger partial charge on any atom is -0.353 e. The zero-order valence-electron chi connectivity index (χ0n) is 9.96. The number of nitrogens with two attached hydrogens (primary N) is 1. The second-order valence-electron chi connectivity index (χ2n) is 4.76. The van der Waals surface area contributed by atoms with Gasteiger partial charge in [-0.2, -0.15) is 0 Å². The molecule has 1 amide bonds. The van der Waals surface area contributed by atoms with Crippen molar-refractivity contribution in [2.24, 2.45) is 17.6 Å². The highest BCUT2D eigenvalue weighted by atomic mass is 16.1. The smallest absolute Gasteiger partial charge is 0.220 e. The average molecular weight is 212 g/mol. The van der Waals surface area contributed by atoms with Crippen molar-refractivity contribution in [3.8, 4) is 0 Å². The van der Waals surface area contributed by atoms with Gasteiger partial charge in [-0.3, -0.25) is 4.79 Å². The summed E-state index contributed by atoms with van der Waals surface area (Å²) in [5.41, 5.74) is 5.58. The molecule has 3 nitrogen and oxygen atoms in total. The normalized spacial score (nSPS) is 20.5. The van der Waals surface area contributed by atoms with Gasteiger partial charge < -0.3 is 11.1 Å². The molecule has 0 saturated heterocycles. The Kier molecular flexibility index (Phi) is 5.09. The minimum absolute atomic E-state index is 0.173. The van der Waals surface area contributed by atoms with Gasteiger partial charge in [0.25, 0.3) is 0 Å². The summed E-state index contributed by atoms with van der Waals surface area (Å²) in [6, 6.07) is 0.349. The predicted octanol–water partition coefficient (Wildman–Crippen LogP) is 1.67. The van der Waals surface area contributed by atoms with E-state index in [4.69, 9.17) is 5.73 Å². The Morgan fingerprint density at radius 3 is 2.60 bits per heavy atom. The summed E-state index contributed by atoms with van der Waals surface area (Å²) in [4.78, 5) is 11.7. The van der Waals surface area contributed by atoms with Crippen LogP contribution in [-0.4, -0.2) is 18.5 Å². The minimum atomic E-state index is 0.173. The molecule has 0 heterocycles. The first-order valence-electron chi connectivity index (χ1n) is 6.16. The topological polar surface area (TPSA) is 55.1 Å². The lowest BCUT2D eigenvalue weighted by Gasteiger charge is -2.32. The van der Waals surface area contributed by atoms with Crippen LogP contribution in [0.5, 0.6) is 0 Å². The van der Waals surface area contributed by atoms with Gasteiger partial charge in [0, 0.05) is 12.5 Å². The number of nitrogens with one attached hydrogen (secondary N) is 1. The molecule has 88 valence electrons. The van der Waals surface area contributed by atoms with Crippen molar-refractivity contribution in [2.75, 3.05) is 6.54 Å². The van der Waals surface area contributed by atoms with Gasteiger partial charge in [0.1, 0.15) is 0 Å². The fourth-order valence-corrected chi connectivity index (χ4v) is 2.03. The highest BCUT2D eigenvalue weighted by Gasteiger charge is 2.25. The number of carbonyl (C=O) groups excluding carboxylic acids is 1. The van der Waals surface area contributed by atoms with E-state index in [0.717, 1.165) is 6.42 Å². The van der Waals surface area contributed by atoms with Gasteiger partial charge in [-0.1, -0.05) is 19.8 Å². The van der Waals surface area contributed by atoms with Crippen molar-refractivity contribution >= 4 is 5.91 Å². The van der Waals surface area contributed by atoms with Crippen LogP contribution in [0.15, 0.2) is 0 Å². The Balaban J connectivity index is 2.21. The van der Waals surface area contributed by atoms with Crippen LogP contribution in [0.1, 0.15) is 46.0 Å². The third kappa shape index (κ3) is 3.82. The van der Waals surface area contributed by atoms with E-state index in [1.807, 2.05) is 0 Å². The molecule has 1 aliphatic rings. The molecule has 0 aromatic carbocycles. The lowest BCUT2D eigenvalue weighted by Crippen LogP contribution is -2.41. The molecular weight excluding hydrogens is 188 g/mol. The summed E-state index contributed by atoms with van der Waals surface area (Å²) in [7, 11) is 0. The van der Waals surface area contributed by atoms with E-state index in [2.05, 4.69) is 19.2 Å². The highest BCUT2D eigenvalue weighted by molar-refractivity contribution is 5.76. The van der Waals surface area contributed by atoms with Gasteiger partial charge in [0.2, 0.25) is 5.91 Å². The van der Waals surface area contributed by atoms with Crippen molar-refractivity contribution in [3.63, 3.8) is 0 Å². The van der Waals surface area contributed by atoms with Gasteiger partial charge in [-0.25, -0.2) is 0 Å². The molecule has 0 aliphatic heterocycles. The fraction of sp³-hybridized carbons (Fsp3) is 0.917. The maximum absolute atomic E-state index is 11.7. The van der Waals surface area contributed by atoms with E-state index in [1.54, 1.807) is 0 Å². The van der Waals surface area contributed by atoms with Crippen LogP contribution in [0, 0.1) is 11.8 Å². The fourth-order valence-electron chi connectivity index (χ4n) is 2.03. The molecule has 3 heteroatoms. The maximum atomic E-state index is 11.7. The monoisotopic (exact) mass is 212 g/mol. The predicted molar refractivity (Wildman–Crippen MR) is 62.4 cm³/mol. The van der Waals surface area contributed by atoms with Gasteiger partial charge in [0.05, 0.1) is 0 Å². The van der Waals surface area contributed by atoms with Gasteiger partial charge >= 0.3 is 0 Å². The number of carbonyl (C=O) groups is 1. The number of rotatable bonds is 6. The molecule has 15 heavy (non-hydrogen) atoms. The van der Waals surface area contributed by atoms with Crippen LogP contribution >= 0.6 is 0 Å². The number of hydrogen-bond acceptors (Lipinski definition) is 2. The second kappa shape index (κ2) is 6.11. The molecule has 1 fully saturated rings. The first-order chi connectivity index (χ1) is 7.17. The van der Waals surface area contributed by atoms with Crippen LogP contribution in [0.3, 0.4) is 0 Å². The zero-order chi connectivity index (χ0) is 11.3. The lowest BCUT2D eigenvalue weighted by atomic mass is 9.80. The van der Waals surface area contributed by atoms with E-state index < -0.39 is 0 Å². The third-order valence-electron chi connectivity index (χ3n) is 3.63. The largest absolute Gasteiger partial charge is 0.353 e. The molecule has 0 spiro atoms. The average Bonchev–Trinajstić information content (AvgIpc) is 2.11. The Bertz CT molecular complexity index is 198. The van der Waals surface area contributed by atoms with Crippen LogP contribution in [0.4, 0.5) is 0 Å². The maximum Gasteiger partial charge on any atom is 0.220 e. The summed E-state index contributed by atoms with van der Waals surface area (Å²) in [5, 5.41) is 3.09. The van der Waals surface area contributed by atoms with Crippen LogP contribution < -0.4 is 11.1 Å². The van der Waals surface area contributed by atoms with Crippen LogP contribution in [0.25, 0.3) is 0 Å². The summed E-state index contributed by atoms with van der Waals surface area (Å²) >= 11 is 0. The summed E-state index contributed by atoms with van der Waals surface area (Å²) < 4.78 is 0. The van der Waals surface area contributed by atoms with Crippen LogP contribution in [0.2, 0.25) is 0 Å². The van der Waals surface area contributed by atoms with Gasteiger partial charge in [0.15, 0.2) is 0 Å². The molecule has 1 aliphatic carbocycles. The molecule has 1 rings (SSSR count). The Hall–Kier alpha value is -0.570. The molecule has 2 unspecified atom stereocenters. The van der Waals surface area contributed by atoms with Crippen LogP contribution in [-0.2, 0) is 4.79 Å². The van der Waals surface area contributed by atoms with E-state index in [-0.39, 0.29) is 5.91 Å². The van der Waals surface area contributed by atoms with E-state index >= 15 is 0 Å². The van der Waals surface area contributed by atoms with Gasteiger partial charge in [-0.15, -0.1) is 0 Å². The van der Waals surface area contributed by atoms with Crippen molar-refractivity contribution in [3.05, 3.63) is 0 Å².